The lowest BCUT2D eigenvalue weighted by atomic mass is 9.99. The number of unbranched alkanes of at least 4 members (excludes halogenated alkanes) is 32. The second-order valence-corrected chi connectivity index (χ2v) is 25.2. The summed E-state index contributed by atoms with van der Waals surface area (Å²) in [6.45, 7) is 7.13. The molecule has 0 amide bonds. The lowest BCUT2D eigenvalue weighted by Gasteiger charge is -2.21. The number of hydrogen-bond donors (Lipinski definition) is 3. The van der Waals surface area contributed by atoms with Crippen LogP contribution >= 0.6 is 15.6 Å². The molecule has 0 radical (unpaired) electrons. The molecule has 0 spiro atoms. The van der Waals surface area contributed by atoms with Crippen LogP contribution in [0.15, 0.2) is 0 Å². The van der Waals surface area contributed by atoms with Crippen molar-refractivity contribution in [1.82, 2.24) is 0 Å². The molecule has 0 aromatic rings. The smallest absolute Gasteiger partial charge is 0.462 e. The molecule has 0 aliphatic heterocycles. The monoisotopic (exact) mass is 1180 g/mol. The zero-order chi connectivity index (χ0) is 59.2. The van der Waals surface area contributed by atoms with E-state index in [4.69, 9.17) is 37.0 Å². The molecule has 0 aromatic carbocycles. The lowest BCUT2D eigenvalue weighted by Crippen LogP contribution is -2.30. The Hall–Kier alpha value is -1.94. The Balaban J connectivity index is 5.20. The summed E-state index contributed by atoms with van der Waals surface area (Å²) in [7, 11) is -9.87. The van der Waals surface area contributed by atoms with Crippen LogP contribution in [-0.2, 0) is 65.4 Å². The Morgan fingerprint density at radius 2 is 0.600 bits per heavy atom. The van der Waals surface area contributed by atoms with E-state index in [0.29, 0.717) is 25.7 Å². The van der Waals surface area contributed by atoms with Crippen molar-refractivity contribution in [2.75, 3.05) is 39.6 Å². The molecule has 0 aliphatic rings. The molecule has 0 rings (SSSR count). The molecule has 0 aliphatic carbocycles. The number of ether oxygens (including phenoxy) is 4. The number of esters is 4. The molecule has 19 heteroatoms. The molecule has 0 fully saturated rings. The Kier molecular flexibility index (Phi) is 53.6. The van der Waals surface area contributed by atoms with Crippen molar-refractivity contribution in [3.05, 3.63) is 0 Å². The van der Waals surface area contributed by atoms with Crippen molar-refractivity contribution < 1.29 is 80.2 Å². The molecular weight excluding hydrogens is 1070 g/mol. The van der Waals surface area contributed by atoms with E-state index in [9.17, 15) is 43.2 Å². The summed E-state index contributed by atoms with van der Waals surface area (Å²) in [6, 6.07) is 0. The first-order chi connectivity index (χ1) is 38.6. The third-order valence-electron chi connectivity index (χ3n) is 14.4. The number of aliphatic hydroxyl groups excluding tert-OH is 1. The number of carbonyl (C=O) groups is 4. The fraction of sp³-hybridized carbons (Fsp3) is 0.934. The molecule has 0 heterocycles. The van der Waals surface area contributed by atoms with Crippen LogP contribution in [0.5, 0.6) is 0 Å². The normalized spacial score (nSPS) is 14.7. The van der Waals surface area contributed by atoms with Gasteiger partial charge in [-0.15, -0.1) is 0 Å². The van der Waals surface area contributed by atoms with Crippen LogP contribution in [0, 0.1) is 5.92 Å². The predicted octanol–water partition coefficient (Wildman–Crippen LogP) is 16.6. The highest BCUT2D eigenvalue weighted by Crippen LogP contribution is 2.45. The molecule has 6 atom stereocenters. The van der Waals surface area contributed by atoms with Gasteiger partial charge in [-0.1, -0.05) is 253 Å². The zero-order valence-electron chi connectivity index (χ0n) is 51.2. The van der Waals surface area contributed by atoms with Crippen molar-refractivity contribution in [1.29, 1.82) is 0 Å². The highest BCUT2D eigenvalue weighted by Gasteiger charge is 2.30. The van der Waals surface area contributed by atoms with Gasteiger partial charge in [0, 0.05) is 25.7 Å². The average molecular weight is 1190 g/mol. The van der Waals surface area contributed by atoms with Gasteiger partial charge in [0.15, 0.2) is 12.2 Å². The second-order valence-electron chi connectivity index (χ2n) is 22.3. The van der Waals surface area contributed by atoms with Crippen LogP contribution in [0.4, 0.5) is 0 Å². The van der Waals surface area contributed by atoms with E-state index in [0.717, 1.165) is 115 Å². The summed E-state index contributed by atoms with van der Waals surface area (Å²) in [5.74, 6) is -1.34. The molecule has 0 bridgehead atoms. The van der Waals surface area contributed by atoms with Gasteiger partial charge in [0.2, 0.25) is 0 Å². The summed E-state index contributed by atoms with van der Waals surface area (Å²) < 4.78 is 67.7. The first-order valence-electron chi connectivity index (χ1n) is 32.2. The zero-order valence-corrected chi connectivity index (χ0v) is 53.0. The quantitative estimate of drug-likeness (QED) is 0.0222. The van der Waals surface area contributed by atoms with Crippen molar-refractivity contribution in [2.45, 2.75) is 323 Å². The third-order valence-corrected chi connectivity index (χ3v) is 16.3. The van der Waals surface area contributed by atoms with Crippen LogP contribution in [0.25, 0.3) is 0 Å². The number of phosphoric acid groups is 2. The van der Waals surface area contributed by atoms with Gasteiger partial charge in [0.25, 0.3) is 0 Å². The molecule has 0 aromatic heterocycles. The maximum atomic E-state index is 12.9. The maximum absolute atomic E-state index is 12.9. The fourth-order valence-electron chi connectivity index (χ4n) is 9.02. The van der Waals surface area contributed by atoms with Gasteiger partial charge in [0.1, 0.15) is 19.3 Å². The fourth-order valence-corrected chi connectivity index (χ4v) is 10.6. The molecule has 0 saturated carbocycles. The minimum atomic E-state index is -4.94. The van der Waals surface area contributed by atoms with Crippen LogP contribution in [0.1, 0.15) is 304 Å². The van der Waals surface area contributed by atoms with E-state index in [-0.39, 0.29) is 25.7 Å². The summed E-state index contributed by atoms with van der Waals surface area (Å²) in [4.78, 5) is 71.9. The van der Waals surface area contributed by atoms with Crippen LogP contribution < -0.4 is 0 Å². The number of phosphoric ester groups is 2. The van der Waals surface area contributed by atoms with Gasteiger partial charge in [-0.2, -0.15) is 0 Å². The number of aliphatic hydroxyl groups is 1. The van der Waals surface area contributed by atoms with Crippen molar-refractivity contribution >= 4 is 39.5 Å². The van der Waals surface area contributed by atoms with E-state index in [1.165, 1.54) is 109 Å². The maximum Gasteiger partial charge on any atom is 0.472 e. The highest BCUT2D eigenvalue weighted by molar-refractivity contribution is 7.47. The summed E-state index contributed by atoms with van der Waals surface area (Å²) in [5.41, 5.74) is 0. The average Bonchev–Trinajstić information content (AvgIpc) is 3.43. The summed E-state index contributed by atoms with van der Waals surface area (Å²) in [5, 5.41) is 10.5. The molecule has 0 saturated heterocycles. The minimum Gasteiger partial charge on any atom is -0.462 e. The highest BCUT2D eigenvalue weighted by atomic mass is 31.2. The Morgan fingerprint density at radius 3 is 0.887 bits per heavy atom. The van der Waals surface area contributed by atoms with Crippen molar-refractivity contribution in [3.8, 4) is 0 Å². The molecular formula is C61H118O17P2. The van der Waals surface area contributed by atoms with Gasteiger partial charge in [-0.3, -0.25) is 37.3 Å². The van der Waals surface area contributed by atoms with E-state index in [1.54, 1.807) is 0 Å². The third kappa shape index (κ3) is 54.0. The Labute approximate surface area is 486 Å². The van der Waals surface area contributed by atoms with Gasteiger partial charge >= 0.3 is 39.5 Å². The SMILES string of the molecule is CCCCCCCCCCCCCC(=O)OC[C@H](COP(=O)(O)OC[C@@H](O)COP(=O)(O)OC[C@@H](COC(=O)CCCCCCCCC)OC(=O)CCCCCCCCCC)OC(=O)CCCCCCCCCCCCC(C)CC. The topological polar surface area (TPSA) is 237 Å². The molecule has 3 N–H and O–H groups in total. The molecule has 474 valence electrons. The number of hydrogen-bond acceptors (Lipinski definition) is 15. The Bertz CT molecular complexity index is 1570. The first kappa shape index (κ1) is 78.1. The largest absolute Gasteiger partial charge is 0.472 e. The molecule has 80 heavy (non-hydrogen) atoms. The van der Waals surface area contributed by atoms with E-state index in [2.05, 4.69) is 34.6 Å². The van der Waals surface area contributed by atoms with Gasteiger partial charge in [-0.05, 0) is 31.6 Å². The van der Waals surface area contributed by atoms with E-state index < -0.39 is 97.5 Å². The number of rotatable bonds is 61. The van der Waals surface area contributed by atoms with Crippen LogP contribution in [-0.4, -0.2) is 96.7 Å². The van der Waals surface area contributed by atoms with Crippen molar-refractivity contribution in [2.24, 2.45) is 5.92 Å². The summed E-state index contributed by atoms with van der Waals surface area (Å²) >= 11 is 0. The van der Waals surface area contributed by atoms with E-state index in [1.807, 2.05) is 0 Å². The number of carbonyl (C=O) groups excluding carboxylic acids is 4. The second kappa shape index (κ2) is 55.0. The standard InChI is InChI=1S/C61H118O17P2/c1-6-10-13-16-19-21-22-26-31-35-40-45-59(64)72-51-57(78-61(66)47-42-37-32-27-24-23-25-29-33-38-43-54(5)9-4)53-76-80(69,70)74-49-55(62)48-73-79(67,68)75-52-56(50-71-58(63)44-39-34-28-18-15-12-8-3)77-60(65)46-41-36-30-20-17-14-11-7-2/h54-57,62H,6-53H2,1-5H3,(H,67,68)(H,69,70)/t54?,55-,56+,57+/m0/s1. The van der Waals surface area contributed by atoms with Crippen molar-refractivity contribution in [3.63, 3.8) is 0 Å². The van der Waals surface area contributed by atoms with Crippen LogP contribution in [0.3, 0.4) is 0 Å². The van der Waals surface area contributed by atoms with Gasteiger partial charge in [-0.25, -0.2) is 9.13 Å². The van der Waals surface area contributed by atoms with Gasteiger partial charge in [0.05, 0.1) is 26.4 Å². The summed E-state index contributed by atoms with van der Waals surface area (Å²) in [6.07, 6.45) is 37.6. The Morgan fingerprint density at radius 1 is 0.350 bits per heavy atom. The molecule has 17 nitrogen and oxygen atoms in total. The molecule has 3 unspecified atom stereocenters. The lowest BCUT2D eigenvalue weighted by molar-refractivity contribution is -0.161. The van der Waals surface area contributed by atoms with E-state index >= 15 is 0 Å². The minimum absolute atomic E-state index is 0.104. The predicted molar refractivity (Wildman–Crippen MR) is 317 cm³/mol. The first-order valence-corrected chi connectivity index (χ1v) is 35.2. The van der Waals surface area contributed by atoms with Crippen LogP contribution in [0.2, 0.25) is 0 Å². The van der Waals surface area contributed by atoms with Gasteiger partial charge < -0.3 is 33.8 Å².